The maximum Gasteiger partial charge on any atom is 0.339 e. The molecule has 3 aromatic rings. The number of fused-ring (bicyclic) bond motifs is 2. The van der Waals surface area contributed by atoms with E-state index in [9.17, 15) is 4.79 Å². The number of cyclic esters (lactones) is 1. The van der Waals surface area contributed by atoms with Crippen molar-refractivity contribution in [2.45, 2.75) is 18.9 Å². The highest BCUT2D eigenvalue weighted by molar-refractivity contribution is 5.92. The van der Waals surface area contributed by atoms with Crippen molar-refractivity contribution in [1.29, 1.82) is 0 Å². The fourth-order valence-corrected chi connectivity index (χ4v) is 3.24. The summed E-state index contributed by atoms with van der Waals surface area (Å²) in [5, 5.41) is 8.23. The van der Waals surface area contributed by atoms with Gasteiger partial charge in [0.1, 0.15) is 0 Å². The zero-order chi connectivity index (χ0) is 17.7. The summed E-state index contributed by atoms with van der Waals surface area (Å²) in [5.41, 5.74) is 1.17. The summed E-state index contributed by atoms with van der Waals surface area (Å²) in [6.45, 7) is 1.97. The summed E-state index contributed by atoms with van der Waals surface area (Å²) >= 11 is 0. The van der Waals surface area contributed by atoms with Crippen molar-refractivity contribution in [3.05, 3.63) is 59.5 Å². The van der Waals surface area contributed by atoms with Gasteiger partial charge in [-0.05, 0) is 36.8 Å². The molecular formula is C19H14N2O5. The van der Waals surface area contributed by atoms with Crippen LogP contribution in [-0.4, -0.2) is 23.0 Å². The normalized spacial score (nSPS) is 20.6. The first-order valence-corrected chi connectivity index (χ1v) is 8.18. The van der Waals surface area contributed by atoms with Crippen LogP contribution in [-0.2, 0) is 16.8 Å². The van der Waals surface area contributed by atoms with Crippen LogP contribution in [0.1, 0.15) is 28.7 Å². The minimum absolute atomic E-state index is 0.196. The third-order valence-electron chi connectivity index (χ3n) is 4.58. The number of benzene rings is 2. The van der Waals surface area contributed by atoms with Gasteiger partial charge in [0, 0.05) is 12.0 Å². The Hall–Kier alpha value is -3.35. The average Bonchev–Trinajstić information content (AvgIpc) is 3.31. The van der Waals surface area contributed by atoms with Gasteiger partial charge in [0.25, 0.3) is 5.89 Å². The quantitative estimate of drug-likeness (QED) is 0.657. The summed E-state index contributed by atoms with van der Waals surface area (Å²) in [6.07, 6.45) is 0.470. The van der Waals surface area contributed by atoms with Crippen molar-refractivity contribution in [3.8, 4) is 23.0 Å². The first-order chi connectivity index (χ1) is 12.6. The van der Waals surface area contributed by atoms with Gasteiger partial charge in [-0.25, -0.2) is 4.79 Å². The second kappa shape index (κ2) is 5.32. The van der Waals surface area contributed by atoms with Crippen LogP contribution < -0.4 is 9.47 Å². The van der Waals surface area contributed by atoms with Crippen molar-refractivity contribution >= 4 is 5.97 Å². The van der Waals surface area contributed by atoms with Crippen LogP contribution in [0.5, 0.6) is 11.5 Å². The smallest absolute Gasteiger partial charge is 0.339 e. The Balaban J connectivity index is 1.50. The van der Waals surface area contributed by atoms with E-state index in [4.69, 9.17) is 18.6 Å². The third-order valence-corrected chi connectivity index (χ3v) is 4.58. The first-order valence-electron chi connectivity index (χ1n) is 8.18. The number of carbonyl (C=O) groups is 1. The Kier molecular flexibility index (Phi) is 3.06. The summed E-state index contributed by atoms with van der Waals surface area (Å²) < 4.78 is 22.1. The lowest BCUT2D eigenvalue weighted by Gasteiger charge is -2.31. The van der Waals surface area contributed by atoms with Crippen LogP contribution in [0, 0.1) is 0 Å². The predicted molar refractivity (Wildman–Crippen MR) is 88.8 cm³/mol. The molecule has 7 heteroatoms. The first kappa shape index (κ1) is 14.9. The Morgan fingerprint density at radius 3 is 2.81 bits per heavy atom. The van der Waals surface area contributed by atoms with Gasteiger partial charge in [-0.3, -0.25) is 0 Å². The molecule has 2 aromatic carbocycles. The number of esters is 1. The van der Waals surface area contributed by atoms with Gasteiger partial charge >= 0.3 is 5.97 Å². The lowest BCUT2D eigenvalue weighted by Crippen LogP contribution is -2.36. The molecule has 0 saturated carbocycles. The molecule has 26 heavy (non-hydrogen) atoms. The molecule has 0 bridgehead atoms. The molecule has 5 rings (SSSR count). The molecule has 0 aliphatic carbocycles. The molecule has 2 aliphatic rings. The van der Waals surface area contributed by atoms with Gasteiger partial charge in [-0.1, -0.05) is 18.2 Å². The monoisotopic (exact) mass is 350 g/mol. The minimum atomic E-state index is -1.01. The maximum atomic E-state index is 12.3. The Morgan fingerprint density at radius 2 is 1.88 bits per heavy atom. The van der Waals surface area contributed by atoms with E-state index >= 15 is 0 Å². The SMILES string of the molecule is C[C@@]1(c2nnc(-c3ccc4c(c3)OCO4)o2)Cc2ccccc2C(=O)O1. The highest BCUT2D eigenvalue weighted by Gasteiger charge is 2.42. The zero-order valence-electron chi connectivity index (χ0n) is 13.9. The van der Waals surface area contributed by atoms with Gasteiger partial charge in [0.2, 0.25) is 12.7 Å². The standard InChI is InChI=1S/C19H14N2O5/c1-19(9-12-4-2-3-5-13(12)17(22)26-19)18-21-20-16(25-18)11-6-7-14-15(8-11)24-10-23-14/h2-8H,9-10H2,1H3/t19-/m0/s1. The van der Waals surface area contributed by atoms with E-state index < -0.39 is 11.6 Å². The van der Waals surface area contributed by atoms with Gasteiger partial charge in [0.05, 0.1) is 5.56 Å². The van der Waals surface area contributed by atoms with E-state index in [-0.39, 0.29) is 12.7 Å². The van der Waals surface area contributed by atoms with Crippen LogP contribution >= 0.6 is 0 Å². The molecular weight excluding hydrogens is 336 g/mol. The van der Waals surface area contributed by atoms with Crippen molar-refractivity contribution in [2.75, 3.05) is 6.79 Å². The van der Waals surface area contributed by atoms with Gasteiger partial charge in [0.15, 0.2) is 17.1 Å². The number of ether oxygens (including phenoxy) is 3. The summed E-state index contributed by atoms with van der Waals surface area (Å²) in [4.78, 5) is 12.3. The molecule has 0 fully saturated rings. The van der Waals surface area contributed by atoms with Gasteiger partial charge in [-0.2, -0.15) is 0 Å². The Morgan fingerprint density at radius 1 is 1.04 bits per heavy atom. The number of nitrogens with zero attached hydrogens (tertiary/aromatic N) is 2. The fraction of sp³-hybridized carbons (Fsp3) is 0.211. The molecule has 130 valence electrons. The highest BCUT2D eigenvalue weighted by atomic mass is 16.7. The molecule has 7 nitrogen and oxygen atoms in total. The van der Waals surface area contributed by atoms with Gasteiger partial charge < -0.3 is 18.6 Å². The Labute approximate surface area is 148 Å². The van der Waals surface area contributed by atoms with Crippen LogP contribution in [0.15, 0.2) is 46.9 Å². The number of carbonyl (C=O) groups excluding carboxylic acids is 1. The third kappa shape index (κ3) is 2.24. The van der Waals surface area contributed by atoms with Crippen LogP contribution in [0.3, 0.4) is 0 Å². The maximum absolute atomic E-state index is 12.3. The molecule has 0 amide bonds. The van der Waals surface area contributed by atoms with Crippen LogP contribution in [0.2, 0.25) is 0 Å². The highest BCUT2D eigenvalue weighted by Crippen LogP contribution is 2.38. The molecule has 3 heterocycles. The summed E-state index contributed by atoms with van der Waals surface area (Å²) in [6, 6.07) is 12.8. The van der Waals surface area contributed by atoms with Crippen molar-refractivity contribution in [3.63, 3.8) is 0 Å². The summed E-state index contributed by atoms with van der Waals surface area (Å²) in [7, 11) is 0. The number of hydrogen-bond acceptors (Lipinski definition) is 7. The molecule has 0 radical (unpaired) electrons. The number of rotatable bonds is 2. The van der Waals surface area contributed by atoms with Crippen molar-refractivity contribution in [1.82, 2.24) is 10.2 Å². The van der Waals surface area contributed by atoms with E-state index in [1.165, 1.54) is 0 Å². The number of hydrogen-bond donors (Lipinski definition) is 0. The van der Waals surface area contributed by atoms with E-state index in [1.54, 1.807) is 25.1 Å². The molecule has 0 unspecified atom stereocenters. The summed E-state index contributed by atoms with van der Waals surface area (Å²) in [5.74, 6) is 1.50. The van der Waals surface area contributed by atoms with E-state index in [0.717, 1.165) is 5.56 Å². The van der Waals surface area contributed by atoms with E-state index in [0.29, 0.717) is 34.9 Å². The molecule has 0 spiro atoms. The fourth-order valence-electron chi connectivity index (χ4n) is 3.24. The molecule has 0 N–H and O–H groups in total. The molecule has 0 saturated heterocycles. The number of aromatic nitrogens is 2. The van der Waals surface area contributed by atoms with E-state index in [2.05, 4.69) is 10.2 Å². The van der Waals surface area contributed by atoms with Crippen LogP contribution in [0.25, 0.3) is 11.5 Å². The lowest BCUT2D eigenvalue weighted by atomic mass is 9.90. The molecule has 2 aliphatic heterocycles. The van der Waals surface area contributed by atoms with Crippen molar-refractivity contribution in [2.24, 2.45) is 0 Å². The zero-order valence-corrected chi connectivity index (χ0v) is 13.9. The Bertz CT molecular complexity index is 1030. The average molecular weight is 350 g/mol. The van der Waals surface area contributed by atoms with E-state index in [1.807, 2.05) is 24.3 Å². The molecule has 1 aromatic heterocycles. The second-order valence-electron chi connectivity index (χ2n) is 6.43. The lowest BCUT2D eigenvalue weighted by molar-refractivity contribution is -0.0312. The van der Waals surface area contributed by atoms with Gasteiger partial charge in [-0.15, -0.1) is 10.2 Å². The largest absolute Gasteiger partial charge is 0.454 e. The predicted octanol–water partition coefficient (Wildman–Crippen LogP) is 3.09. The van der Waals surface area contributed by atoms with Crippen molar-refractivity contribution < 1.29 is 23.4 Å². The minimum Gasteiger partial charge on any atom is -0.454 e. The van der Waals surface area contributed by atoms with Crippen LogP contribution in [0.4, 0.5) is 0 Å². The second-order valence-corrected chi connectivity index (χ2v) is 6.43. The molecule has 1 atom stereocenters. The topological polar surface area (TPSA) is 83.7 Å².